The van der Waals surface area contributed by atoms with E-state index in [0.29, 0.717) is 19.5 Å². The molecule has 0 bridgehead atoms. The number of likely N-dealkylation sites (tertiary alicyclic amines) is 2. The van der Waals surface area contributed by atoms with Crippen LogP contribution in [-0.2, 0) is 16.0 Å². The van der Waals surface area contributed by atoms with E-state index in [-0.39, 0.29) is 23.8 Å². The number of fused-ring (bicyclic) bond motifs is 1. The van der Waals surface area contributed by atoms with E-state index in [1.54, 1.807) is 0 Å². The van der Waals surface area contributed by atoms with Gasteiger partial charge in [0.2, 0.25) is 11.8 Å². The van der Waals surface area contributed by atoms with E-state index in [1.165, 1.54) is 0 Å². The topological polar surface area (TPSA) is 82.2 Å². The van der Waals surface area contributed by atoms with Gasteiger partial charge in [-0.05, 0) is 25.7 Å². The Balaban J connectivity index is 1.41. The van der Waals surface area contributed by atoms with Gasteiger partial charge in [-0.2, -0.15) is 15.4 Å². The number of amides is 2. The molecule has 3 heterocycles. The maximum atomic E-state index is 12.6. The molecule has 1 aromatic heterocycles. The lowest BCUT2D eigenvalue weighted by Gasteiger charge is -2.45. The molecule has 0 radical (unpaired) electrons. The molecule has 0 spiro atoms. The van der Waals surface area contributed by atoms with Crippen LogP contribution in [0.3, 0.4) is 0 Å². The lowest BCUT2D eigenvalue weighted by Crippen LogP contribution is -2.62. The van der Waals surface area contributed by atoms with E-state index in [1.807, 2.05) is 9.80 Å². The SMILES string of the molecule is O=C(C1CCCc2n[nH]nc21)N1CC(N2CCCC2=O)C1. The Morgan fingerprint density at radius 2 is 2.05 bits per heavy atom. The molecular weight excluding hydrogens is 270 g/mol. The Labute approximate surface area is 122 Å². The molecule has 1 atom stereocenters. The molecule has 7 nitrogen and oxygen atoms in total. The third kappa shape index (κ3) is 2.02. The molecule has 0 saturated carbocycles. The van der Waals surface area contributed by atoms with E-state index in [0.717, 1.165) is 43.6 Å². The van der Waals surface area contributed by atoms with Crippen LogP contribution in [-0.4, -0.2) is 62.7 Å². The number of nitrogens with zero attached hydrogens (tertiary/aromatic N) is 4. The number of aryl methyl sites for hydroxylation is 1. The summed E-state index contributed by atoms with van der Waals surface area (Å²) in [5.41, 5.74) is 1.76. The second kappa shape index (κ2) is 4.82. The molecule has 112 valence electrons. The van der Waals surface area contributed by atoms with Crippen LogP contribution in [0, 0.1) is 0 Å². The lowest BCUT2D eigenvalue weighted by atomic mass is 9.87. The summed E-state index contributed by atoms with van der Waals surface area (Å²) in [6.45, 7) is 2.20. The smallest absolute Gasteiger partial charge is 0.232 e. The average Bonchev–Trinajstić information content (AvgIpc) is 3.06. The monoisotopic (exact) mass is 289 g/mol. The fraction of sp³-hybridized carbons (Fsp3) is 0.714. The van der Waals surface area contributed by atoms with Gasteiger partial charge in [0.1, 0.15) is 0 Å². The molecule has 1 aromatic rings. The highest BCUT2D eigenvalue weighted by molar-refractivity contribution is 5.85. The third-order valence-electron chi connectivity index (χ3n) is 4.91. The predicted molar refractivity (Wildman–Crippen MR) is 73.4 cm³/mol. The van der Waals surface area contributed by atoms with Gasteiger partial charge in [-0.15, -0.1) is 0 Å². The Morgan fingerprint density at radius 3 is 2.81 bits per heavy atom. The van der Waals surface area contributed by atoms with E-state index in [4.69, 9.17) is 0 Å². The molecule has 21 heavy (non-hydrogen) atoms. The van der Waals surface area contributed by atoms with Crippen LogP contribution >= 0.6 is 0 Å². The maximum absolute atomic E-state index is 12.6. The first-order valence-electron chi connectivity index (χ1n) is 7.72. The Morgan fingerprint density at radius 1 is 1.19 bits per heavy atom. The zero-order chi connectivity index (χ0) is 14.4. The largest absolute Gasteiger partial charge is 0.338 e. The second-order valence-corrected chi connectivity index (χ2v) is 6.19. The molecule has 3 aliphatic rings. The Bertz CT molecular complexity index is 578. The first-order valence-corrected chi connectivity index (χ1v) is 7.72. The number of rotatable bonds is 2. The summed E-state index contributed by atoms with van der Waals surface area (Å²) >= 11 is 0. The van der Waals surface area contributed by atoms with Crippen LogP contribution in [0.15, 0.2) is 0 Å². The summed E-state index contributed by atoms with van der Waals surface area (Å²) in [4.78, 5) is 28.1. The van der Waals surface area contributed by atoms with Crippen molar-refractivity contribution in [3.8, 4) is 0 Å². The standard InChI is InChI=1S/C14H19N5O2/c20-12-5-2-6-19(12)9-7-18(8-9)14(21)10-3-1-4-11-13(10)16-17-15-11/h9-10H,1-8H2,(H,15,16,17). The number of carbonyl (C=O) groups excluding carboxylic acids is 2. The third-order valence-corrected chi connectivity index (χ3v) is 4.91. The Kier molecular flexibility index (Phi) is 2.94. The summed E-state index contributed by atoms with van der Waals surface area (Å²) < 4.78 is 0. The quantitative estimate of drug-likeness (QED) is 0.834. The number of hydrogen-bond donors (Lipinski definition) is 1. The summed E-state index contributed by atoms with van der Waals surface area (Å²) in [6, 6.07) is 0.226. The zero-order valence-electron chi connectivity index (χ0n) is 11.9. The van der Waals surface area contributed by atoms with Crippen molar-refractivity contribution >= 4 is 11.8 Å². The van der Waals surface area contributed by atoms with E-state index < -0.39 is 0 Å². The van der Waals surface area contributed by atoms with E-state index >= 15 is 0 Å². The highest BCUT2D eigenvalue weighted by Gasteiger charge is 2.42. The van der Waals surface area contributed by atoms with Gasteiger partial charge in [0.05, 0.1) is 23.3 Å². The predicted octanol–water partition coefficient (Wildman–Crippen LogP) is 0.0578. The van der Waals surface area contributed by atoms with Gasteiger partial charge < -0.3 is 9.80 Å². The van der Waals surface area contributed by atoms with Crippen molar-refractivity contribution in [2.75, 3.05) is 19.6 Å². The summed E-state index contributed by atoms with van der Waals surface area (Å²) in [5, 5.41) is 10.9. The van der Waals surface area contributed by atoms with Crippen molar-refractivity contribution in [3.63, 3.8) is 0 Å². The fourth-order valence-electron chi connectivity index (χ4n) is 3.68. The number of H-pyrrole nitrogens is 1. The molecule has 4 rings (SSSR count). The summed E-state index contributed by atoms with van der Waals surface area (Å²) in [6.07, 6.45) is 4.35. The van der Waals surface area contributed by atoms with Crippen molar-refractivity contribution < 1.29 is 9.59 Å². The number of aromatic amines is 1. The van der Waals surface area contributed by atoms with Gasteiger partial charge >= 0.3 is 0 Å². The van der Waals surface area contributed by atoms with Crippen LogP contribution in [0.4, 0.5) is 0 Å². The van der Waals surface area contributed by atoms with Crippen molar-refractivity contribution in [1.82, 2.24) is 25.2 Å². The molecule has 2 amide bonds. The second-order valence-electron chi connectivity index (χ2n) is 6.19. The molecule has 2 saturated heterocycles. The zero-order valence-corrected chi connectivity index (χ0v) is 11.9. The molecular formula is C14H19N5O2. The molecule has 0 aromatic carbocycles. The average molecular weight is 289 g/mol. The minimum atomic E-state index is -0.150. The van der Waals surface area contributed by atoms with E-state index in [9.17, 15) is 9.59 Å². The minimum absolute atomic E-state index is 0.146. The van der Waals surface area contributed by atoms with Gasteiger partial charge in [0, 0.05) is 26.1 Å². The molecule has 1 aliphatic carbocycles. The number of carbonyl (C=O) groups is 2. The van der Waals surface area contributed by atoms with E-state index in [2.05, 4.69) is 15.4 Å². The number of hydrogen-bond acceptors (Lipinski definition) is 4. The first-order chi connectivity index (χ1) is 10.2. The lowest BCUT2D eigenvalue weighted by molar-refractivity contribution is -0.145. The minimum Gasteiger partial charge on any atom is -0.338 e. The highest BCUT2D eigenvalue weighted by atomic mass is 16.2. The van der Waals surface area contributed by atoms with Gasteiger partial charge in [-0.3, -0.25) is 9.59 Å². The summed E-state index contributed by atoms with van der Waals surface area (Å²) in [5.74, 6) is 0.235. The van der Waals surface area contributed by atoms with Crippen LogP contribution < -0.4 is 0 Å². The van der Waals surface area contributed by atoms with Crippen molar-refractivity contribution in [2.24, 2.45) is 0 Å². The van der Waals surface area contributed by atoms with Crippen molar-refractivity contribution in [2.45, 2.75) is 44.1 Å². The first kappa shape index (κ1) is 12.8. The molecule has 1 unspecified atom stereocenters. The van der Waals surface area contributed by atoms with Gasteiger partial charge in [0.25, 0.3) is 0 Å². The van der Waals surface area contributed by atoms with Crippen molar-refractivity contribution in [3.05, 3.63) is 11.4 Å². The normalized spacial score (nSPS) is 25.9. The van der Waals surface area contributed by atoms with Crippen LogP contribution in [0.25, 0.3) is 0 Å². The molecule has 2 aliphatic heterocycles. The van der Waals surface area contributed by atoms with Crippen molar-refractivity contribution in [1.29, 1.82) is 0 Å². The number of nitrogens with one attached hydrogen (secondary N) is 1. The molecule has 1 N–H and O–H groups in total. The molecule has 7 heteroatoms. The fourth-order valence-corrected chi connectivity index (χ4v) is 3.68. The van der Waals surface area contributed by atoms with Gasteiger partial charge in [-0.25, -0.2) is 0 Å². The molecule has 2 fully saturated rings. The summed E-state index contributed by atoms with van der Waals surface area (Å²) in [7, 11) is 0. The highest BCUT2D eigenvalue weighted by Crippen LogP contribution is 2.32. The van der Waals surface area contributed by atoms with Gasteiger partial charge in [-0.1, -0.05) is 0 Å². The van der Waals surface area contributed by atoms with Crippen LogP contribution in [0.2, 0.25) is 0 Å². The van der Waals surface area contributed by atoms with Crippen LogP contribution in [0.5, 0.6) is 0 Å². The maximum Gasteiger partial charge on any atom is 0.232 e. The van der Waals surface area contributed by atoms with Crippen LogP contribution in [0.1, 0.15) is 43.0 Å². The number of aromatic nitrogens is 3. The Hall–Kier alpha value is -1.92. The van der Waals surface area contributed by atoms with Gasteiger partial charge in [0.15, 0.2) is 0 Å².